The average molecular weight is 396 g/mol. The van der Waals surface area contributed by atoms with Crippen LogP contribution in [0.15, 0.2) is 42.6 Å². The first-order chi connectivity index (χ1) is 14.0. The Hall–Kier alpha value is -3.55. The Balaban J connectivity index is 1.93. The lowest BCUT2D eigenvalue weighted by molar-refractivity contribution is 0.0936. The van der Waals surface area contributed by atoms with Gasteiger partial charge in [0.15, 0.2) is 17.2 Å². The highest BCUT2D eigenvalue weighted by Crippen LogP contribution is 2.30. The van der Waals surface area contributed by atoms with E-state index in [1.807, 2.05) is 13.8 Å². The standard InChI is InChI=1S/C21H24N4O4/c1-5-13(2)22-20(26)18-15-8-6-7-11-25(15)19(24-18)21(27)23-14-9-10-16(28-3)17(12-14)29-4/h6-13H,5H2,1-4H3,(H,22,26)(H,23,27). The number of pyridine rings is 1. The molecule has 1 atom stereocenters. The van der Waals surface area contributed by atoms with Gasteiger partial charge in [-0.15, -0.1) is 0 Å². The van der Waals surface area contributed by atoms with E-state index in [9.17, 15) is 9.59 Å². The number of fused-ring (bicyclic) bond motifs is 1. The first-order valence-corrected chi connectivity index (χ1v) is 9.29. The van der Waals surface area contributed by atoms with Crippen LogP contribution >= 0.6 is 0 Å². The van der Waals surface area contributed by atoms with Crippen molar-refractivity contribution < 1.29 is 19.1 Å². The molecule has 0 spiro atoms. The number of hydrogen-bond donors (Lipinski definition) is 2. The summed E-state index contributed by atoms with van der Waals surface area (Å²) in [6.07, 6.45) is 2.50. The van der Waals surface area contributed by atoms with Crippen molar-refractivity contribution in [3.63, 3.8) is 0 Å². The minimum absolute atomic E-state index is 0.00648. The van der Waals surface area contributed by atoms with E-state index < -0.39 is 5.91 Å². The van der Waals surface area contributed by atoms with Crippen LogP contribution in [0.5, 0.6) is 11.5 Å². The largest absolute Gasteiger partial charge is 0.493 e. The van der Waals surface area contributed by atoms with Crippen molar-refractivity contribution in [2.24, 2.45) is 0 Å². The molecule has 1 unspecified atom stereocenters. The molecule has 2 amide bonds. The molecule has 0 saturated carbocycles. The number of nitrogens with zero attached hydrogens (tertiary/aromatic N) is 2. The Morgan fingerprint density at radius 2 is 1.86 bits per heavy atom. The smallest absolute Gasteiger partial charge is 0.292 e. The van der Waals surface area contributed by atoms with E-state index in [1.54, 1.807) is 54.1 Å². The monoisotopic (exact) mass is 396 g/mol. The number of amides is 2. The number of benzene rings is 1. The third-order valence-electron chi connectivity index (χ3n) is 4.60. The van der Waals surface area contributed by atoms with Crippen LogP contribution in [-0.2, 0) is 0 Å². The van der Waals surface area contributed by atoms with E-state index in [0.717, 1.165) is 6.42 Å². The summed E-state index contributed by atoms with van der Waals surface area (Å²) in [7, 11) is 3.06. The van der Waals surface area contributed by atoms with Crippen LogP contribution in [0.4, 0.5) is 5.69 Å². The van der Waals surface area contributed by atoms with Gasteiger partial charge >= 0.3 is 0 Å². The summed E-state index contributed by atoms with van der Waals surface area (Å²) in [5.74, 6) is 0.409. The van der Waals surface area contributed by atoms with Gasteiger partial charge in [0, 0.05) is 24.0 Å². The number of aromatic nitrogens is 2. The van der Waals surface area contributed by atoms with Gasteiger partial charge in [0.2, 0.25) is 5.82 Å². The molecule has 0 bridgehead atoms. The molecule has 2 heterocycles. The summed E-state index contributed by atoms with van der Waals surface area (Å²) in [6.45, 7) is 3.90. The summed E-state index contributed by atoms with van der Waals surface area (Å²) in [5, 5.41) is 5.68. The van der Waals surface area contributed by atoms with Gasteiger partial charge in [-0.1, -0.05) is 13.0 Å². The topological polar surface area (TPSA) is 94.0 Å². The van der Waals surface area contributed by atoms with Crippen LogP contribution in [0.3, 0.4) is 0 Å². The molecule has 0 saturated heterocycles. The Labute approximate surface area is 168 Å². The van der Waals surface area contributed by atoms with Gasteiger partial charge in [-0.3, -0.25) is 14.0 Å². The van der Waals surface area contributed by atoms with Crippen molar-refractivity contribution in [1.29, 1.82) is 0 Å². The number of ether oxygens (including phenoxy) is 2. The Kier molecular flexibility index (Phi) is 6.01. The lowest BCUT2D eigenvalue weighted by Crippen LogP contribution is -2.32. The zero-order valence-corrected chi connectivity index (χ0v) is 16.9. The number of nitrogens with one attached hydrogen (secondary N) is 2. The molecule has 2 aromatic heterocycles. The van der Waals surface area contributed by atoms with Crippen molar-refractivity contribution in [2.45, 2.75) is 26.3 Å². The molecule has 0 aliphatic rings. The van der Waals surface area contributed by atoms with Crippen molar-refractivity contribution in [1.82, 2.24) is 14.7 Å². The van der Waals surface area contributed by atoms with Gasteiger partial charge in [0.1, 0.15) is 0 Å². The maximum atomic E-state index is 12.9. The van der Waals surface area contributed by atoms with Gasteiger partial charge in [-0.05, 0) is 37.6 Å². The van der Waals surface area contributed by atoms with Crippen LogP contribution < -0.4 is 20.1 Å². The van der Waals surface area contributed by atoms with E-state index in [0.29, 0.717) is 22.7 Å². The molecule has 152 valence electrons. The fourth-order valence-corrected chi connectivity index (χ4v) is 2.86. The lowest BCUT2D eigenvalue weighted by atomic mass is 10.2. The second-order valence-corrected chi connectivity index (χ2v) is 6.55. The van der Waals surface area contributed by atoms with Gasteiger partial charge in [-0.25, -0.2) is 4.98 Å². The first kappa shape index (κ1) is 20.2. The fourth-order valence-electron chi connectivity index (χ4n) is 2.86. The zero-order valence-electron chi connectivity index (χ0n) is 16.9. The van der Waals surface area contributed by atoms with Gasteiger partial charge in [0.25, 0.3) is 11.8 Å². The van der Waals surface area contributed by atoms with Crippen LogP contribution in [-0.4, -0.2) is 41.5 Å². The molecule has 0 fully saturated rings. The quantitative estimate of drug-likeness (QED) is 0.640. The summed E-state index contributed by atoms with van der Waals surface area (Å²) in [5.41, 5.74) is 1.29. The van der Waals surface area contributed by atoms with E-state index >= 15 is 0 Å². The Bertz CT molecular complexity index is 1040. The molecule has 0 aliphatic heterocycles. The summed E-state index contributed by atoms with van der Waals surface area (Å²) >= 11 is 0. The van der Waals surface area contributed by atoms with Gasteiger partial charge in [-0.2, -0.15) is 0 Å². The predicted molar refractivity (Wildman–Crippen MR) is 110 cm³/mol. The highest BCUT2D eigenvalue weighted by atomic mass is 16.5. The molecule has 0 aliphatic carbocycles. The zero-order chi connectivity index (χ0) is 21.0. The number of anilines is 1. The van der Waals surface area contributed by atoms with Gasteiger partial charge < -0.3 is 20.1 Å². The number of imidazole rings is 1. The van der Waals surface area contributed by atoms with E-state index in [1.165, 1.54) is 7.11 Å². The van der Waals surface area contributed by atoms with Crippen molar-refractivity contribution in [3.05, 3.63) is 54.1 Å². The highest BCUT2D eigenvalue weighted by molar-refractivity contribution is 6.06. The molecule has 29 heavy (non-hydrogen) atoms. The lowest BCUT2D eigenvalue weighted by Gasteiger charge is -2.10. The maximum Gasteiger partial charge on any atom is 0.292 e. The van der Waals surface area contributed by atoms with E-state index in [2.05, 4.69) is 15.6 Å². The average Bonchev–Trinajstić information content (AvgIpc) is 3.13. The van der Waals surface area contributed by atoms with Crippen LogP contribution in [0, 0.1) is 0 Å². The molecule has 3 aromatic rings. The predicted octanol–water partition coefficient (Wildman–Crippen LogP) is 3.13. The van der Waals surface area contributed by atoms with Crippen molar-refractivity contribution in [2.75, 3.05) is 19.5 Å². The SMILES string of the molecule is CCC(C)NC(=O)c1nc(C(=O)Nc2ccc(OC)c(OC)c2)n2ccccc12. The number of carbonyl (C=O) groups is 2. The number of carbonyl (C=O) groups excluding carboxylic acids is 2. The van der Waals surface area contributed by atoms with Crippen LogP contribution in [0.1, 0.15) is 41.4 Å². The van der Waals surface area contributed by atoms with E-state index in [4.69, 9.17) is 9.47 Å². The third kappa shape index (κ3) is 4.16. The Morgan fingerprint density at radius 1 is 1.10 bits per heavy atom. The molecular weight excluding hydrogens is 372 g/mol. The van der Waals surface area contributed by atoms with E-state index in [-0.39, 0.29) is 23.5 Å². The Morgan fingerprint density at radius 3 is 2.55 bits per heavy atom. The summed E-state index contributed by atoms with van der Waals surface area (Å²) in [6, 6.07) is 10.4. The number of rotatable bonds is 7. The fraction of sp³-hybridized carbons (Fsp3) is 0.286. The van der Waals surface area contributed by atoms with Crippen LogP contribution in [0.2, 0.25) is 0 Å². The second-order valence-electron chi connectivity index (χ2n) is 6.55. The van der Waals surface area contributed by atoms with Gasteiger partial charge in [0.05, 0.1) is 19.7 Å². The third-order valence-corrected chi connectivity index (χ3v) is 4.60. The minimum Gasteiger partial charge on any atom is -0.493 e. The molecule has 2 N–H and O–H groups in total. The summed E-state index contributed by atoms with van der Waals surface area (Å²) < 4.78 is 12.1. The molecule has 3 rings (SSSR count). The number of hydrogen-bond acceptors (Lipinski definition) is 5. The molecule has 1 aromatic carbocycles. The van der Waals surface area contributed by atoms with Crippen molar-refractivity contribution >= 4 is 23.0 Å². The minimum atomic E-state index is -0.444. The maximum absolute atomic E-state index is 12.9. The molecule has 8 heteroatoms. The van der Waals surface area contributed by atoms with Crippen LogP contribution in [0.25, 0.3) is 5.52 Å². The second kappa shape index (κ2) is 8.64. The molecular formula is C21H24N4O4. The normalized spacial score (nSPS) is 11.7. The molecule has 8 nitrogen and oxygen atoms in total. The highest BCUT2D eigenvalue weighted by Gasteiger charge is 2.22. The van der Waals surface area contributed by atoms with Crippen molar-refractivity contribution in [3.8, 4) is 11.5 Å². The first-order valence-electron chi connectivity index (χ1n) is 9.29. The number of methoxy groups -OCH3 is 2. The molecule has 0 radical (unpaired) electrons. The summed E-state index contributed by atoms with van der Waals surface area (Å²) in [4.78, 5) is 29.9.